The molecule has 31 heavy (non-hydrogen) atoms. The number of hydrogen-bond acceptors (Lipinski definition) is 4. The fourth-order valence-corrected chi connectivity index (χ4v) is 4.35. The number of hydrogen-bond donors (Lipinski definition) is 0. The highest BCUT2D eigenvalue weighted by molar-refractivity contribution is 6.23. The van der Waals surface area contributed by atoms with Crippen LogP contribution in [-0.4, -0.2) is 17.9 Å². The Hall–Kier alpha value is -3.51. The van der Waals surface area contributed by atoms with Gasteiger partial charge in [-0.2, -0.15) is 0 Å². The molecular formula is C25H21FN2O3. The third kappa shape index (κ3) is 3.20. The zero-order valence-corrected chi connectivity index (χ0v) is 16.9. The largest absolute Gasteiger partial charge is 0.273 e. The topological polar surface area (TPSA) is 49.9 Å². The number of hydroxylamine groups is 1. The van der Waals surface area contributed by atoms with Gasteiger partial charge in [0.15, 0.2) is 6.10 Å². The summed E-state index contributed by atoms with van der Waals surface area (Å²) in [6.45, 7) is 2.05. The van der Waals surface area contributed by atoms with Gasteiger partial charge >= 0.3 is 0 Å². The van der Waals surface area contributed by atoms with Crippen molar-refractivity contribution in [2.45, 2.75) is 25.5 Å². The van der Waals surface area contributed by atoms with Crippen LogP contribution in [-0.2, 0) is 20.8 Å². The first-order valence-electron chi connectivity index (χ1n) is 10.3. The number of fused-ring (bicyclic) bond motifs is 1. The Bertz CT molecular complexity index is 1120. The van der Waals surface area contributed by atoms with Crippen LogP contribution in [0.4, 0.5) is 15.8 Å². The molecule has 0 saturated carbocycles. The number of para-hydroxylation sites is 1. The van der Waals surface area contributed by atoms with Crippen LogP contribution in [0.1, 0.15) is 24.1 Å². The Morgan fingerprint density at radius 3 is 2.16 bits per heavy atom. The lowest BCUT2D eigenvalue weighted by Gasteiger charge is -2.28. The first-order valence-corrected chi connectivity index (χ1v) is 10.3. The monoisotopic (exact) mass is 416 g/mol. The molecule has 0 N–H and O–H groups in total. The lowest BCUT2D eigenvalue weighted by Crippen LogP contribution is -2.37. The van der Waals surface area contributed by atoms with E-state index in [1.807, 2.05) is 49.4 Å². The second-order valence-corrected chi connectivity index (χ2v) is 7.74. The van der Waals surface area contributed by atoms with Gasteiger partial charge in [0.2, 0.25) is 5.91 Å². The fourth-order valence-electron chi connectivity index (χ4n) is 4.35. The smallest absolute Gasteiger partial charge is 0.266 e. The molecule has 0 spiro atoms. The maximum absolute atomic E-state index is 13.6. The van der Waals surface area contributed by atoms with Crippen LogP contribution >= 0.6 is 0 Å². The SMILES string of the molecule is CCc1ccc(N2C(=O)[C@H]3[C@H](ON(c4ccccc4)[C@H]3c3ccc(F)cc3)C2=O)cc1. The average Bonchev–Trinajstić information content (AvgIpc) is 3.31. The molecule has 0 aromatic heterocycles. The molecule has 5 rings (SSSR count). The Labute approximate surface area is 179 Å². The number of aryl methyl sites for hydroxylation is 1. The van der Waals surface area contributed by atoms with Gasteiger partial charge in [-0.05, 0) is 53.9 Å². The lowest BCUT2D eigenvalue weighted by molar-refractivity contribution is -0.126. The fraction of sp³-hybridized carbons (Fsp3) is 0.200. The summed E-state index contributed by atoms with van der Waals surface area (Å²) < 4.78 is 13.6. The van der Waals surface area contributed by atoms with Crippen LogP contribution in [0.3, 0.4) is 0 Å². The quantitative estimate of drug-likeness (QED) is 0.590. The molecule has 2 aliphatic rings. The normalized spacial score (nSPS) is 22.8. The minimum absolute atomic E-state index is 0.313. The van der Waals surface area contributed by atoms with Crippen molar-refractivity contribution >= 4 is 23.2 Å². The number of anilines is 2. The van der Waals surface area contributed by atoms with Crippen LogP contribution in [0.25, 0.3) is 0 Å². The molecule has 3 aromatic carbocycles. The third-order valence-corrected chi connectivity index (χ3v) is 5.94. The van der Waals surface area contributed by atoms with E-state index >= 15 is 0 Å². The van der Waals surface area contributed by atoms with Crippen molar-refractivity contribution in [2.24, 2.45) is 5.92 Å². The summed E-state index contributed by atoms with van der Waals surface area (Å²) in [6.07, 6.45) is -0.0662. The number of carbonyl (C=O) groups is 2. The molecule has 5 nitrogen and oxygen atoms in total. The molecule has 0 unspecified atom stereocenters. The van der Waals surface area contributed by atoms with Gasteiger partial charge in [-0.3, -0.25) is 14.4 Å². The maximum atomic E-state index is 13.6. The number of carbonyl (C=O) groups excluding carboxylic acids is 2. The van der Waals surface area contributed by atoms with Crippen molar-refractivity contribution in [1.29, 1.82) is 0 Å². The van der Waals surface area contributed by atoms with Gasteiger partial charge in [-0.25, -0.2) is 14.4 Å². The Morgan fingerprint density at radius 2 is 1.52 bits per heavy atom. The summed E-state index contributed by atoms with van der Waals surface area (Å²) in [4.78, 5) is 34.0. The Kier molecular flexibility index (Phi) is 4.79. The van der Waals surface area contributed by atoms with E-state index in [1.54, 1.807) is 29.3 Å². The second kappa shape index (κ2) is 7.63. The summed E-state index contributed by atoms with van der Waals surface area (Å²) in [5, 5.41) is 1.61. The average molecular weight is 416 g/mol. The number of amides is 2. The standard InChI is InChI=1S/C25H21FN2O3/c1-2-16-8-14-19(15-9-16)27-24(29)21-22(17-10-12-18(26)13-11-17)28(31-23(21)25(27)30)20-6-4-3-5-7-20/h3-15,21-23H,2H2,1H3/t21-,22+,23+/m1/s1. The minimum atomic E-state index is -0.936. The lowest BCUT2D eigenvalue weighted by atomic mass is 9.90. The van der Waals surface area contributed by atoms with Gasteiger partial charge in [0.05, 0.1) is 17.4 Å². The molecule has 2 heterocycles. The zero-order valence-electron chi connectivity index (χ0n) is 16.9. The summed E-state index contributed by atoms with van der Waals surface area (Å²) in [6, 6.07) is 22.2. The number of imide groups is 1. The number of benzene rings is 3. The third-order valence-electron chi connectivity index (χ3n) is 5.94. The predicted molar refractivity (Wildman–Crippen MR) is 115 cm³/mol. The Balaban J connectivity index is 1.56. The van der Waals surface area contributed by atoms with Crippen molar-refractivity contribution in [3.63, 3.8) is 0 Å². The maximum Gasteiger partial charge on any atom is 0.266 e. The molecule has 6 heteroatoms. The van der Waals surface area contributed by atoms with E-state index in [1.165, 1.54) is 17.0 Å². The van der Waals surface area contributed by atoms with Crippen molar-refractivity contribution in [1.82, 2.24) is 0 Å². The van der Waals surface area contributed by atoms with Crippen LogP contribution in [0.2, 0.25) is 0 Å². The first-order chi connectivity index (χ1) is 15.1. The van der Waals surface area contributed by atoms with E-state index < -0.39 is 18.1 Å². The van der Waals surface area contributed by atoms with Gasteiger partial charge in [0.1, 0.15) is 11.7 Å². The van der Waals surface area contributed by atoms with E-state index in [-0.39, 0.29) is 17.6 Å². The zero-order chi connectivity index (χ0) is 21.5. The minimum Gasteiger partial charge on any atom is -0.273 e. The number of rotatable bonds is 4. The van der Waals surface area contributed by atoms with Gasteiger partial charge in [0, 0.05) is 0 Å². The molecule has 3 aromatic rings. The highest BCUT2D eigenvalue weighted by atomic mass is 19.1. The summed E-state index contributed by atoms with van der Waals surface area (Å²) in [7, 11) is 0. The molecule has 0 aliphatic carbocycles. The summed E-state index contributed by atoms with van der Waals surface area (Å²) in [5.74, 6) is -1.79. The van der Waals surface area contributed by atoms with E-state index in [2.05, 4.69) is 0 Å². The highest BCUT2D eigenvalue weighted by Gasteiger charge is 2.60. The molecule has 0 radical (unpaired) electrons. The second-order valence-electron chi connectivity index (χ2n) is 7.74. The molecular weight excluding hydrogens is 395 g/mol. The molecule has 2 fully saturated rings. The van der Waals surface area contributed by atoms with Crippen LogP contribution in [0.15, 0.2) is 78.9 Å². The molecule has 3 atom stereocenters. The molecule has 2 saturated heterocycles. The van der Waals surface area contributed by atoms with Gasteiger partial charge in [-0.1, -0.05) is 49.4 Å². The van der Waals surface area contributed by atoms with E-state index in [9.17, 15) is 14.0 Å². The Morgan fingerprint density at radius 1 is 0.839 bits per heavy atom. The van der Waals surface area contributed by atoms with Crippen LogP contribution in [0, 0.1) is 11.7 Å². The molecule has 0 bridgehead atoms. The van der Waals surface area contributed by atoms with Gasteiger partial charge in [-0.15, -0.1) is 0 Å². The molecule has 2 amide bonds. The van der Waals surface area contributed by atoms with E-state index in [0.29, 0.717) is 11.3 Å². The first kappa shape index (κ1) is 19.5. The van der Waals surface area contributed by atoms with Crippen LogP contribution < -0.4 is 9.96 Å². The van der Waals surface area contributed by atoms with E-state index in [4.69, 9.17) is 4.84 Å². The van der Waals surface area contributed by atoms with E-state index in [0.717, 1.165) is 17.7 Å². The van der Waals surface area contributed by atoms with Gasteiger partial charge in [0.25, 0.3) is 5.91 Å². The summed E-state index contributed by atoms with van der Waals surface area (Å²) in [5.41, 5.74) is 3.10. The summed E-state index contributed by atoms with van der Waals surface area (Å²) >= 11 is 0. The van der Waals surface area contributed by atoms with Crippen LogP contribution in [0.5, 0.6) is 0 Å². The van der Waals surface area contributed by atoms with Crippen molar-refractivity contribution in [2.75, 3.05) is 9.96 Å². The highest BCUT2D eigenvalue weighted by Crippen LogP contribution is 2.47. The number of nitrogens with zero attached hydrogens (tertiary/aromatic N) is 2. The molecule has 156 valence electrons. The molecule has 2 aliphatic heterocycles. The van der Waals surface area contributed by atoms with Crippen molar-refractivity contribution < 1.29 is 18.8 Å². The predicted octanol–water partition coefficient (Wildman–Crippen LogP) is 4.44. The van der Waals surface area contributed by atoms with Crippen molar-refractivity contribution in [3.05, 3.63) is 95.8 Å². The van der Waals surface area contributed by atoms with Crippen molar-refractivity contribution in [3.8, 4) is 0 Å². The number of halogens is 1. The van der Waals surface area contributed by atoms with Gasteiger partial charge < -0.3 is 0 Å².